The number of nitrogens with zero attached hydrogens (tertiary/aromatic N) is 2. The summed E-state index contributed by atoms with van der Waals surface area (Å²) in [5.74, 6) is 0.327. The molecule has 0 bridgehead atoms. The molecule has 1 aromatic heterocycles. The molecule has 1 saturated carbocycles. The Kier molecular flexibility index (Phi) is 5.88. The summed E-state index contributed by atoms with van der Waals surface area (Å²) >= 11 is 14.0. The van der Waals surface area contributed by atoms with Crippen molar-refractivity contribution in [2.24, 2.45) is 5.92 Å². The maximum atomic E-state index is 10.6. The van der Waals surface area contributed by atoms with Crippen molar-refractivity contribution in [2.75, 3.05) is 6.61 Å². The summed E-state index contributed by atoms with van der Waals surface area (Å²) < 4.78 is 1.93. The number of aliphatic hydroxyl groups is 3. The van der Waals surface area contributed by atoms with Crippen molar-refractivity contribution < 1.29 is 15.3 Å². The topological polar surface area (TPSA) is 78.5 Å². The minimum Gasteiger partial charge on any atom is -0.396 e. The van der Waals surface area contributed by atoms with Crippen LogP contribution in [0.1, 0.15) is 18.0 Å². The van der Waals surface area contributed by atoms with Gasteiger partial charge in [0.25, 0.3) is 0 Å². The molecule has 3 N–H and O–H groups in total. The molecule has 3 unspecified atom stereocenters. The number of aliphatic hydroxyl groups excluding tert-OH is 3. The fourth-order valence-electron chi connectivity index (χ4n) is 3.75. The van der Waals surface area contributed by atoms with Crippen LogP contribution in [0.5, 0.6) is 0 Å². The maximum absolute atomic E-state index is 10.6. The molecule has 148 valence electrons. The van der Waals surface area contributed by atoms with Crippen LogP contribution in [0.25, 0.3) is 11.0 Å². The van der Waals surface area contributed by atoms with Crippen LogP contribution in [0, 0.1) is 5.92 Å². The third-order valence-electron chi connectivity index (χ3n) is 5.25. The highest BCUT2D eigenvalue weighted by Crippen LogP contribution is 2.41. The predicted molar refractivity (Wildman–Crippen MR) is 112 cm³/mol. The lowest BCUT2D eigenvalue weighted by Gasteiger charge is -2.21. The third kappa shape index (κ3) is 3.65. The first-order valence-corrected chi connectivity index (χ1v) is 10.7. The van der Waals surface area contributed by atoms with E-state index in [0.29, 0.717) is 32.9 Å². The van der Waals surface area contributed by atoms with Crippen LogP contribution in [0.2, 0.25) is 10.0 Å². The van der Waals surface area contributed by atoms with Gasteiger partial charge >= 0.3 is 0 Å². The van der Waals surface area contributed by atoms with Gasteiger partial charge in [-0.05, 0) is 24.1 Å². The van der Waals surface area contributed by atoms with Gasteiger partial charge in [0.2, 0.25) is 0 Å². The standard InChI is InChI=1S/C20H20Cl2N2O3S/c21-13-7-15-16(8-14(13)22)24(17-6-12(9-25)18(26)19(17)27)20(23-15)28-10-11-4-2-1-3-5-11/h1-5,7-8,12,17-19,25-27H,6,9-10H2/t12?,17-,18?,19?/m0/s1. The molecule has 5 nitrogen and oxygen atoms in total. The van der Waals surface area contributed by atoms with E-state index in [1.807, 2.05) is 34.9 Å². The van der Waals surface area contributed by atoms with Gasteiger partial charge in [0.05, 0.1) is 33.2 Å². The Hall–Kier alpha value is -1.28. The van der Waals surface area contributed by atoms with Gasteiger partial charge < -0.3 is 19.9 Å². The van der Waals surface area contributed by atoms with E-state index in [2.05, 4.69) is 0 Å². The lowest BCUT2D eigenvalue weighted by Crippen LogP contribution is -2.30. The predicted octanol–water partition coefficient (Wildman–Crippen LogP) is 3.91. The Balaban J connectivity index is 1.76. The summed E-state index contributed by atoms with van der Waals surface area (Å²) in [5.41, 5.74) is 2.58. The monoisotopic (exact) mass is 438 g/mol. The van der Waals surface area contributed by atoms with E-state index in [-0.39, 0.29) is 12.5 Å². The number of aromatic nitrogens is 2. The van der Waals surface area contributed by atoms with Crippen molar-refractivity contribution >= 4 is 46.0 Å². The largest absolute Gasteiger partial charge is 0.396 e. The van der Waals surface area contributed by atoms with Gasteiger partial charge in [0, 0.05) is 18.3 Å². The number of rotatable bonds is 5. The molecule has 0 amide bonds. The van der Waals surface area contributed by atoms with Crippen molar-refractivity contribution in [1.29, 1.82) is 0 Å². The first-order chi connectivity index (χ1) is 13.5. The van der Waals surface area contributed by atoms with Crippen LogP contribution in [-0.2, 0) is 5.75 Å². The molecule has 8 heteroatoms. The van der Waals surface area contributed by atoms with Crippen LogP contribution < -0.4 is 0 Å². The van der Waals surface area contributed by atoms with Crippen molar-refractivity contribution in [3.05, 3.63) is 58.1 Å². The minimum atomic E-state index is -1.000. The molecule has 0 spiro atoms. The minimum absolute atomic E-state index is 0.180. The lowest BCUT2D eigenvalue weighted by molar-refractivity contribution is -0.00446. The molecule has 1 aliphatic carbocycles. The summed E-state index contributed by atoms with van der Waals surface area (Å²) in [6.07, 6.45) is -1.54. The molecule has 4 rings (SSSR count). The molecule has 4 atom stereocenters. The Morgan fingerprint density at radius 2 is 1.79 bits per heavy atom. The number of benzene rings is 2. The Morgan fingerprint density at radius 3 is 2.46 bits per heavy atom. The van der Waals surface area contributed by atoms with Gasteiger partial charge in [0.15, 0.2) is 5.16 Å². The molecule has 1 aliphatic rings. The molecular weight excluding hydrogens is 419 g/mol. The van der Waals surface area contributed by atoms with E-state index in [9.17, 15) is 15.3 Å². The molecule has 2 aromatic carbocycles. The van der Waals surface area contributed by atoms with Gasteiger partial charge in [-0.25, -0.2) is 4.98 Å². The molecule has 28 heavy (non-hydrogen) atoms. The second-order valence-corrected chi connectivity index (χ2v) is 8.78. The first kappa shape index (κ1) is 20.0. The summed E-state index contributed by atoms with van der Waals surface area (Å²) in [6, 6.07) is 13.1. The Labute approximate surface area is 176 Å². The molecule has 1 heterocycles. The number of fused-ring (bicyclic) bond motifs is 1. The quantitative estimate of drug-likeness (QED) is 0.526. The van der Waals surface area contributed by atoms with E-state index < -0.39 is 18.2 Å². The van der Waals surface area contributed by atoms with E-state index in [0.717, 1.165) is 11.1 Å². The van der Waals surface area contributed by atoms with Crippen molar-refractivity contribution in [3.63, 3.8) is 0 Å². The van der Waals surface area contributed by atoms with Crippen molar-refractivity contribution in [3.8, 4) is 0 Å². The van der Waals surface area contributed by atoms with Gasteiger partial charge in [-0.1, -0.05) is 65.3 Å². The SMILES string of the molecule is OCC1C[C@H](n2c(SCc3ccccc3)nc3cc(Cl)c(Cl)cc32)C(O)C1O. The Morgan fingerprint density at radius 1 is 1.07 bits per heavy atom. The molecule has 3 aromatic rings. The van der Waals surface area contributed by atoms with Gasteiger partial charge in [-0.3, -0.25) is 0 Å². The number of hydrogen-bond acceptors (Lipinski definition) is 5. The summed E-state index contributed by atoms with van der Waals surface area (Å²) in [6.45, 7) is -0.180. The van der Waals surface area contributed by atoms with Crippen molar-refractivity contribution in [2.45, 2.75) is 35.6 Å². The highest BCUT2D eigenvalue weighted by molar-refractivity contribution is 7.98. The van der Waals surface area contributed by atoms with E-state index >= 15 is 0 Å². The van der Waals surface area contributed by atoms with Crippen LogP contribution in [0.3, 0.4) is 0 Å². The smallest absolute Gasteiger partial charge is 0.169 e. The van der Waals surface area contributed by atoms with E-state index in [1.54, 1.807) is 23.9 Å². The summed E-state index contributed by atoms with van der Waals surface area (Å²) in [5, 5.41) is 32.0. The molecular formula is C20H20Cl2N2O3S. The average Bonchev–Trinajstić information content (AvgIpc) is 3.18. The first-order valence-electron chi connectivity index (χ1n) is 9.00. The van der Waals surface area contributed by atoms with Crippen LogP contribution in [0.4, 0.5) is 0 Å². The summed E-state index contributed by atoms with van der Waals surface area (Å²) in [4.78, 5) is 4.71. The fraction of sp³-hybridized carbons (Fsp3) is 0.350. The van der Waals surface area contributed by atoms with Crippen LogP contribution >= 0.6 is 35.0 Å². The molecule has 0 saturated heterocycles. The second kappa shape index (κ2) is 8.22. The zero-order chi connectivity index (χ0) is 19.8. The van der Waals surface area contributed by atoms with Crippen LogP contribution in [0.15, 0.2) is 47.6 Å². The van der Waals surface area contributed by atoms with Crippen LogP contribution in [-0.4, -0.2) is 43.7 Å². The molecule has 0 aliphatic heterocycles. The third-order valence-corrected chi connectivity index (χ3v) is 6.99. The van der Waals surface area contributed by atoms with Gasteiger partial charge in [-0.2, -0.15) is 0 Å². The number of hydrogen-bond donors (Lipinski definition) is 3. The zero-order valence-corrected chi connectivity index (χ0v) is 17.2. The van der Waals surface area contributed by atoms with Crippen molar-refractivity contribution in [1.82, 2.24) is 9.55 Å². The van der Waals surface area contributed by atoms with Gasteiger partial charge in [0.1, 0.15) is 6.10 Å². The normalized spacial score (nSPS) is 24.9. The Bertz CT molecular complexity index is 982. The van der Waals surface area contributed by atoms with Gasteiger partial charge in [-0.15, -0.1) is 0 Å². The average molecular weight is 439 g/mol. The fourth-order valence-corrected chi connectivity index (χ4v) is 5.09. The van der Waals surface area contributed by atoms with E-state index in [4.69, 9.17) is 28.2 Å². The molecule has 0 radical (unpaired) electrons. The molecule has 1 fully saturated rings. The second-order valence-electron chi connectivity index (χ2n) is 7.02. The number of thioether (sulfide) groups is 1. The zero-order valence-electron chi connectivity index (χ0n) is 14.9. The highest BCUT2D eigenvalue weighted by Gasteiger charge is 2.43. The maximum Gasteiger partial charge on any atom is 0.169 e. The summed E-state index contributed by atoms with van der Waals surface area (Å²) in [7, 11) is 0. The number of halogens is 2. The lowest BCUT2D eigenvalue weighted by atomic mass is 10.1. The van der Waals surface area contributed by atoms with E-state index in [1.165, 1.54) is 0 Å². The highest BCUT2D eigenvalue weighted by atomic mass is 35.5. The number of imidazole rings is 1.